The smallest absolute Gasteiger partial charge is 0.322 e. The molecule has 7 heteroatoms. The summed E-state index contributed by atoms with van der Waals surface area (Å²) in [6, 6.07) is 10.9. The highest BCUT2D eigenvalue weighted by atomic mass is 16.5. The first kappa shape index (κ1) is 22.1. The van der Waals surface area contributed by atoms with Gasteiger partial charge in [-0.1, -0.05) is 31.7 Å². The van der Waals surface area contributed by atoms with E-state index in [4.69, 9.17) is 4.74 Å². The number of carbonyl (C=O) groups is 2. The molecule has 2 aromatic rings. The maximum absolute atomic E-state index is 13.0. The molecule has 0 spiro atoms. The van der Waals surface area contributed by atoms with E-state index in [1.165, 1.54) is 38.5 Å². The van der Waals surface area contributed by atoms with E-state index in [9.17, 15) is 9.59 Å². The fourth-order valence-corrected chi connectivity index (χ4v) is 4.40. The number of pyridine rings is 1. The third-order valence-corrected chi connectivity index (χ3v) is 6.31. The second-order valence-corrected chi connectivity index (χ2v) is 8.65. The normalized spacial score (nSPS) is 17.5. The lowest BCUT2D eigenvalue weighted by Crippen LogP contribution is -2.51. The van der Waals surface area contributed by atoms with E-state index >= 15 is 0 Å². The predicted octanol–water partition coefficient (Wildman–Crippen LogP) is 4.42. The number of amides is 3. The van der Waals surface area contributed by atoms with Crippen molar-refractivity contribution in [3.05, 3.63) is 54.4 Å². The molecule has 1 saturated heterocycles. The molecule has 3 amide bonds. The van der Waals surface area contributed by atoms with Gasteiger partial charge in [-0.3, -0.25) is 9.78 Å². The molecule has 2 heterocycles. The van der Waals surface area contributed by atoms with Gasteiger partial charge >= 0.3 is 6.03 Å². The van der Waals surface area contributed by atoms with Crippen LogP contribution < -0.4 is 10.1 Å². The predicted molar refractivity (Wildman–Crippen MR) is 124 cm³/mol. The zero-order valence-corrected chi connectivity index (χ0v) is 18.5. The molecule has 170 valence electrons. The molecule has 1 aromatic heterocycles. The molecule has 4 rings (SSSR count). The van der Waals surface area contributed by atoms with Crippen LogP contribution >= 0.6 is 0 Å². The number of urea groups is 1. The molecule has 7 nitrogen and oxygen atoms in total. The molecule has 0 unspecified atom stereocenters. The average Bonchev–Trinajstić information content (AvgIpc) is 3.12. The molecule has 0 radical (unpaired) electrons. The first-order chi connectivity index (χ1) is 15.7. The van der Waals surface area contributed by atoms with Gasteiger partial charge in [0.05, 0.1) is 18.5 Å². The molecule has 0 bridgehead atoms. The Labute approximate surface area is 189 Å². The number of hydrogen-bond donors (Lipinski definition) is 1. The van der Waals surface area contributed by atoms with Gasteiger partial charge in [0.15, 0.2) is 0 Å². The second kappa shape index (κ2) is 11.0. The van der Waals surface area contributed by atoms with Crippen molar-refractivity contribution in [2.45, 2.75) is 38.5 Å². The summed E-state index contributed by atoms with van der Waals surface area (Å²) in [4.78, 5) is 33.0. The van der Waals surface area contributed by atoms with Crippen LogP contribution in [-0.4, -0.2) is 59.5 Å². The Morgan fingerprint density at radius 3 is 2.44 bits per heavy atom. The van der Waals surface area contributed by atoms with Gasteiger partial charge in [0.25, 0.3) is 5.91 Å². The Balaban J connectivity index is 1.27. The molecule has 32 heavy (non-hydrogen) atoms. The van der Waals surface area contributed by atoms with Crippen molar-refractivity contribution >= 4 is 17.6 Å². The number of piperazine rings is 1. The van der Waals surface area contributed by atoms with Crippen molar-refractivity contribution in [1.29, 1.82) is 0 Å². The number of benzene rings is 1. The van der Waals surface area contributed by atoms with Crippen LogP contribution in [0.3, 0.4) is 0 Å². The topological polar surface area (TPSA) is 74.8 Å². The minimum absolute atomic E-state index is 0.0165. The lowest BCUT2D eigenvalue weighted by molar-refractivity contribution is 0.0671. The minimum Gasteiger partial charge on any atom is -0.493 e. The van der Waals surface area contributed by atoms with Gasteiger partial charge in [-0.25, -0.2) is 4.79 Å². The summed E-state index contributed by atoms with van der Waals surface area (Å²) in [6.45, 7) is 2.73. The summed E-state index contributed by atoms with van der Waals surface area (Å²) in [5, 5.41) is 2.84. The van der Waals surface area contributed by atoms with Crippen LogP contribution in [0, 0.1) is 5.92 Å². The third-order valence-electron chi connectivity index (χ3n) is 6.31. The van der Waals surface area contributed by atoms with E-state index in [1.54, 1.807) is 34.3 Å². The van der Waals surface area contributed by atoms with E-state index in [2.05, 4.69) is 10.3 Å². The van der Waals surface area contributed by atoms with Crippen LogP contribution in [0.15, 0.2) is 48.8 Å². The number of hydrogen-bond acceptors (Lipinski definition) is 4. The summed E-state index contributed by atoms with van der Waals surface area (Å²) in [5.41, 5.74) is 1.30. The van der Waals surface area contributed by atoms with Crippen molar-refractivity contribution < 1.29 is 14.3 Å². The molecule has 1 saturated carbocycles. The maximum atomic E-state index is 13.0. The molecule has 0 atom stereocenters. The van der Waals surface area contributed by atoms with Crippen molar-refractivity contribution in [2.24, 2.45) is 5.92 Å². The summed E-state index contributed by atoms with van der Waals surface area (Å²) in [5.74, 6) is 1.36. The van der Waals surface area contributed by atoms with Gasteiger partial charge in [-0.15, -0.1) is 0 Å². The summed E-state index contributed by atoms with van der Waals surface area (Å²) >= 11 is 0. The maximum Gasteiger partial charge on any atom is 0.322 e. The standard InChI is InChI=1S/C25H32N4O3/c30-24(21-9-5-11-23(17-21)32-19-20-7-3-1-2-4-8-20)28-13-15-29(16-14-28)25(31)27-22-10-6-12-26-18-22/h5-6,9-12,17-18,20H,1-4,7-8,13-16,19H2,(H,27,31). The third kappa shape index (κ3) is 5.99. The Morgan fingerprint density at radius 1 is 0.969 bits per heavy atom. The molecule has 1 aromatic carbocycles. The molecular formula is C25H32N4O3. The lowest BCUT2D eigenvalue weighted by Gasteiger charge is -2.34. The van der Waals surface area contributed by atoms with Gasteiger partial charge < -0.3 is 19.9 Å². The van der Waals surface area contributed by atoms with Crippen LogP contribution in [0.5, 0.6) is 5.75 Å². The van der Waals surface area contributed by atoms with Crippen LogP contribution in [0.25, 0.3) is 0 Å². The zero-order chi connectivity index (χ0) is 22.2. The van der Waals surface area contributed by atoms with Crippen molar-refractivity contribution in [1.82, 2.24) is 14.8 Å². The van der Waals surface area contributed by atoms with Crippen molar-refractivity contribution in [2.75, 3.05) is 38.1 Å². The first-order valence-corrected chi connectivity index (χ1v) is 11.7. The van der Waals surface area contributed by atoms with E-state index < -0.39 is 0 Å². The van der Waals surface area contributed by atoms with Crippen LogP contribution in [0.2, 0.25) is 0 Å². The molecular weight excluding hydrogens is 404 g/mol. The minimum atomic E-state index is -0.168. The highest BCUT2D eigenvalue weighted by Crippen LogP contribution is 2.24. The van der Waals surface area contributed by atoms with Gasteiger partial charge in [0.2, 0.25) is 0 Å². The molecule has 2 fully saturated rings. The Morgan fingerprint density at radius 2 is 1.72 bits per heavy atom. The highest BCUT2D eigenvalue weighted by molar-refractivity contribution is 5.95. The number of rotatable bonds is 5. The molecule has 2 aliphatic rings. The van der Waals surface area contributed by atoms with Crippen LogP contribution in [0.1, 0.15) is 48.9 Å². The van der Waals surface area contributed by atoms with Gasteiger partial charge in [-0.2, -0.15) is 0 Å². The zero-order valence-electron chi connectivity index (χ0n) is 18.5. The number of aromatic nitrogens is 1. The van der Waals surface area contributed by atoms with Gasteiger partial charge in [0.1, 0.15) is 5.75 Å². The quantitative estimate of drug-likeness (QED) is 0.704. The Bertz CT molecular complexity index is 889. The first-order valence-electron chi connectivity index (χ1n) is 11.7. The van der Waals surface area contributed by atoms with E-state index in [1.807, 2.05) is 24.3 Å². The molecule has 1 aliphatic heterocycles. The fourth-order valence-electron chi connectivity index (χ4n) is 4.40. The Hall–Kier alpha value is -3.09. The van der Waals surface area contributed by atoms with E-state index in [-0.39, 0.29) is 11.9 Å². The number of anilines is 1. The van der Waals surface area contributed by atoms with Gasteiger partial charge in [0, 0.05) is 37.9 Å². The summed E-state index contributed by atoms with van der Waals surface area (Å²) < 4.78 is 6.05. The fraction of sp³-hybridized carbons (Fsp3) is 0.480. The van der Waals surface area contributed by atoms with E-state index in [0.29, 0.717) is 43.3 Å². The number of nitrogens with zero attached hydrogens (tertiary/aromatic N) is 3. The monoisotopic (exact) mass is 436 g/mol. The number of nitrogens with one attached hydrogen (secondary N) is 1. The van der Waals surface area contributed by atoms with Crippen molar-refractivity contribution in [3.63, 3.8) is 0 Å². The largest absolute Gasteiger partial charge is 0.493 e. The lowest BCUT2D eigenvalue weighted by atomic mass is 10.0. The van der Waals surface area contributed by atoms with Gasteiger partial charge in [-0.05, 0) is 49.1 Å². The Kier molecular flexibility index (Phi) is 7.59. The summed E-state index contributed by atoms with van der Waals surface area (Å²) in [7, 11) is 0. The van der Waals surface area contributed by atoms with Crippen LogP contribution in [-0.2, 0) is 0 Å². The average molecular weight is 437 g/mol. The summed E-state index contributed by atoms with van der Waals surface area (Å²) in [6.07, 6.45) is 11.0. The second-order valence-electron chi connectivity index (χ2n) is 8.65. The number of carbonyl (C=O) groups excluding carboxylic acids is 2. The molecule has 1 N–H and O–H groups in total. The molecule has 1 aliphatic carbocycles. The van der Waals surface area contributed by atoms with Crippen molar-refractivity contribution in [3.8, 4) is 5.75 Å². The van der Waals surface area contributed by atoms with Crippen LogP contribution in [0.4, 0.5) is 10.5 Å². The number of ether oxygens (including phenoxy) is 1. The van der Waals surface area contributed by atoms with E-state index in [0.717, 1.165) is 12.4 Å². The SMILES string of the molecule is O=C(Nc1cccnc1)N1CCN(C(=O)c2cccc(OCC3CCCCCC3)c2)CC1. The highest BCUT2D eigenvalue weighted by Gasteiger charge is 2.25.